The number of benzene rings is 2. The summed E-state index contributed by atoms with van der Waals surface area (Å²) in [5.74, 6) is -0.652. The highest BCUT2D eigenvalue weighted by Crippen LogP contribution is 2.22. The monoisotopic (exact) mass is 358 g/mol. The summed E-state index contributed by atoms with van der Waals surface area (Å²) in [6.45, 7) is 2.70. The van der Waals surface area contributed by atoms with E-state index < -0.39 is 12.0 Å². The van der Waals surface area contributed by atoms with Crippen molar-refractivity contribution in [2.45, 2.75) is 13.0 Å². The summed E-state index contributed by atoms with van der Waals surface area (Å²) in [5.41, 5.74) is 2.36. The number of rotatable bonds is 3. The van der Waals surface area contributed by atoms with Crippen LogP contribution < -0.4 is 4.90 Å². The molecule has 0 radical (unpaired) electrons. The zero-order valence-corrected chi connectivity index (χ0v) is 14.6. The van der Waals surface area contributed by atoms with Crippen molar-refractivity contribution in [1.82, 2.24) is 4.90 Å². The fourth-order valence-corrected chi connectivity index (χ4v) is 3.05. The number of anilines is 1. The van der Waals surface area contributed by atoms with E-state index in [0.717, 1.165) is 11.3 Å². The predicted molar refractivity (Wildman–Crippen MR) is 96.5 cm³/mol. The molecule has 25 heavy (non-hydrogen) atoms. The van der Waals surface area contributed by atoms with Crippen LogP contribution in [-0.4, -0.2) is 41.5 Å². The maximum absolute atomic E-state index is 12.5. The van der Waals surface area contributed by atoms with Crippen LogP contribution in [0.4, 0.5) is 5.69 Å². The van der Waals surface area contributed by atoms with E-state index in [1.165, 1.54) is 4.90 Å². The van der Waals surface area contributed by atoms with Gasteiger partial charge in [-0.1, -0.05) is 41.4 Å². The van der Waals surface area contributed by atoms with Crippen molar-refractivity contribution in [2.75, 3.05) is 24.5 Å². The number of amides is 2. The Morgan fingerprint density at radius 2 is 1.88 bits per heavy atom. The minimum absolute atomic E-state index is 0.0513. The molecular formula is C19H19ClN2O3. The number of halogens is 1. The van der Waals surface area contributed by atoms with Crippen molar-refractivity contribution in [3.8, 4) is 0 Å². The van der Waals surface area contributed by atoms with Crippen molar-refractivity contribution in [3.05, 3.63) is 64.7 Å². The second kappa shape index (κ2) is 7.25. The van der Waals surface area contributed by atoms with Gasteiger partial charge in [0.15, 0.2) is 6.10 Å². The molecule has 0 aromatic heterocycles. The molecule has 2 aromatic carbocycles. The number of hydrogen-bond donors (Lipinski definition) is 1. The second-order valence-electron chi connectivity index (χ2n) is 6.10. The van der Waals surface area contributed by atoms with E-state index in [0.29, 0.717) is 23.7 Å². The van der Waals surface area contributed by atoms with Crippen molar-refractivity contribution in [3.63, 3.8) is 0 Å². The number of aliphatic hydroxyl groups excluding tert-OH is 1. The lowest BCUT2D eigenvalue weighted by Gasteiger charge is -2.35. The number of carbonyl (C=O) groups is 2. The maximum Gasteiger partial charge on any atom is 0.256 e. The number of aryl methyl sites for hydroxylation is 1. The Balaban J connectivity index is 1.69. The molecule has 1 N–H and O–H groups in total. The molecule has 3 rings (SSSR count). The van der Waals surface area contributed by atoms with Crippen LogP contribution in [0, 0.1) is 6.92 Å². The number of piperazine rings is 1. The number of nitrogens with zero attached hydrogens (tertiary/aromatic N) is 2. The summed E-state index contributed by atoms with van der Waals surface area (Å²) in [6.07, 6.45) is -1.32. The Hall–Kier alpha value is -2.37. The molecule has 5 nitrogen and oxygen atoms in total. The van der Waals surface area contributed by atoms with Gasteiger partial charge in [0.25, 0.3) is 5.91 Å². The molecule has 2 aromatic rings. The summed E-state index contributed by atoms with van der Waals surface area (Å²) in [5, 5.41) is 10.7. The predicted octanol–water partition coefficient (Wildman–Crippen LogP) is 2.56. The zero-order chi connectivity index (χ0) is 18.0. The third-order valence-corrected chi connectivity index (χ3v) is 4.51. The van der Waals surface area contributed by atoms with Gasteiger partial charge in [0, 0.05) is 23.8 Å². The third kappa shape index (κ3) is 3.83. The van der Waals surface area contributed by atoms with Gasteiger partial charge in [-0.15, -0.1) is 0 Å². The smallest absolute Gasteiger partial charge is 0.256 e. The zero-order valence-electron chi connectivity index (χ0n) is 13.9. The minimum Gasteiger partial charge on any atom is -0.378 e. The summed E-state index contributed by atoms with van der Waals surface area (Å²) in [7, 11) is 0. The van der Waals surface area contributed by atoms with Crippen molar-refractivity contribution in [2.24, 2.45) is 0 Å². The maximum atomic E-state index is 12.5. The Morgan fingerprint density at radius 1 is 1.16 bits per heavy atom. The van der Waals surface area contributed by atoms with E-state index in [-0.39, 0.29) is 12.5 Å². The normalized spacial score (nSPS) is 16.0. The summed E-state index contributed by atoms with van der Waals surface area (Å²) < 4.78 is 0. The SMILES string of the molecule is Cc1ccc(N2CCN(C(=O)[C@H](O)c3cccc(Cl)c3)CC2=O)cc1. The Bertz CT molecular complexity index is 792. The number of aliphatic hydroxyl groups is 1. The first-order valence-electron chi connectivity index (χ1n) is 8.05. The van der Waals surface area contributed by atoms with E-state index in [9.17, 15) is 14.7 Å². The highest BCUT2D eigenvalue weighted by atomic mass is 35.5. The van der Waals surface area contributed by atoms with Crippen LogP contribution in [0.25, 0.3) is 0 Å². The van der Waals surface area contributed by atoms with Crippen LogP contribution in [0.1, 0.15) is 17.2 Å². The van der Waals surface area contributed by atoms with Gasteiger partial charge in [0.05, 0.1) is 0 Å². The number of carbonyl (C=O) groups excluding carboxylic acids is 2. The fraction of sp³-hybridized carbons (Fsp3) is 0.263. The van der Waals surface area contributed by atoms with Crippen LogP contribution in [0.5, 0.6) is 0 Å². The lowest BCUT2D eigenvalue weighted by atomic mass is 10.1. The molecule has 1 heterocycles. The molecule has 6 heteroatoms. The Morgan fingerprint density at radius 3 is 2.52 bits per heavy atom. The lowest BCUT2D eigenvalue weighted by molar-refractivity contribution is -0.144. The topological polar surface area (TPSA) is 60.9 Å². The average Bonchev–Trinajstić information content (AvgIpc) is 2.61. The van der Waals surface area contributed by atoms with Crippen molar-refractivity contribution >= 4 is 29.1 Å². The van der Waals surface area contributed by atoms with E-state index in [1.807, 2.05) is 31.2 Å². The summed E-state index contributed by atoms with van der Waals surface area (Å²) in [4.78, 5) is 28.0. The molecule has 1 atom stereocenters. The molecule has 1 aliphatic rings. The molecule has 0 aliphatic carbocycles. The molecule has 1 aliphatic heterocycles. The first kappa shape index (κ1) is 17.5. The van der Waals surface area contributed by atoms with Crippen LogP contribution in [0.2, 0.25) is 5.02 Å². The van der Waals surface area contributed by atoms with Crippen molar-refractivity contribution < 1.29 is 14.7 Å². The van der Waals surface area contributed by atoms with Crippen LogP contribution in [0.3, 0.4) is 0 Å². The van der Waals surface area contributed by atoms with Gasteiger partial charge in [0.2, 0.25) is 5.91 Å². The minimum atomic E-state index is -1.32. The summed E-state index contributed by atoms with van der Waals surface area (Å²) >= 11 is 5.90. The molecular weight excluding hydrogens is 340 g/mol. The molecule has 130 valence electrons. The van der Waals surface area contributed by atoms with Gasteiger partial charge in [-0.25, -0.2) is 0 Å². The second-order valence-corrected chi connectivity index (χ2v) is 6.53. The molecule has 2 amide bonds. The highest BCUT2D eigenvalue weighted by molar-refractivity contribution is 6.30. The molecule has 1 fully saturated rings. The summed E-state index contributed by atoms with van der Waals surface area (Å²) in [6, 6.07) is 14.2. The molecule has 0 saturated carbocycles. The van der Waals surface area contributed by atoms with E-state index in [1.54, 1.807) is 29.2 Å². The van der Waals surface area contributed by atoms with E-state index >= 15 is 0 Å². The molecule has 0 unspecified atom stereocenters. The molecule has 0 spiro atoms. The lowest BCUT2D eigenvalue weighted by Crippen LogP contribution is -2.53. The third-order valence-electron chi connectivity index (χ3n) is 4.28. The highest BCUT2D eigenvalue weighted by Gasteiger charge is 2.31. The van der Waals surface area contributed by atoms with Gasteiger partial charge >= 0.3 is 0 Å². The van der Waals surface area contributed by atoms with Crippen LogP contribution >= 0.6 is 11.6 Å². The standard InChI is InChI=1S/C19H19ClN2O3/c1-13-5-7-16(8-6-13)22-10-9-21(12-17(22)23)19(25)18(24)14-3-2-4-15(20)11-14/h2-8,11,18,24H,9-10,12H2,1H3/t18-/m1/s1. The fourth-order valence-electron chi connectivity index (χ4n) is 2.85. The first-order chi connectivity index (χ1) is 12.0. The Kier molecular flexibility index (Phi) is 5.06. The van der Waals surface area contributed by atoms with Crippen LogP contribution in [-0.2, 0) is 9.59 Å². The average molecular weight is 359 g/mol. The van der Waals surface area contributed by atoms with E-state index in [2.05, 4.69) is 0 Å². The Labute approximate surface area is 151 Å². The largest absolute Gasteiger partial charge is 0.378 e. The van der Waals surface area contributed by atoms with Gasteiger partial charge < -0.3 is 14.9 Å². The van der Waals surface area contributed by atoms with Crippen molar-refractivity contribution in [1.29, 1.82) is 0 Å². The quantitative estimate of drug-likeness (QED) is 0.917. The molecule has 0 bridgehead atoms. The van der Waals surface area contributed by atoms with Gasteiger partial charge in [-0.2, -0.15) is 0 Å². The van der Waals surface area contributed by atoms with Gasteiger partial charge in [0.1, 0.15) is 6.54 Å². The first-order valence-corrected chi connectivity index (χ1v) is 8.43. The molecule has 1 saturated heterocycles. The van der Waals surface area contributed by atoms with Gasteiger partial charge in [-0.3, -0.25) is 9.59 Å². The van der Waals surface area contributed by atoms with E-state index in [4.69, 9.17) is 11.6 Å². The number of hydrogen-bond acceptors (Lipinski definition) is 3. The van der Waals surface area contributed by atoms with Gasteiger partial charge in [-0.05, 0) is 36.8 Å². The van der Waals surface area contributed by atoms with Crippen LogP contribution in [0.15, 0.2) is 48.5 Å².